The molecule has 2 atom stereocenters. The molecule has 1 aromatic heterocycles. The van der Waals surface area contributed by atoms with Crippen molar-refractivity contribution < 1.29 is 23.5 Å². The summed E-state index contributed by atoms with van der Waals surface area (Å²) in [5.74, 6) is -2.16. The average molecular weight is 573 g/mol. The van der Waals surface area contributed by atoms with Gasteiger partial charge in [-0.2, -0.15) is 0 Å². The highest BCUT2D eigenvalue weighted by atomic mass is 32.2. The minimum Gasteiger partial charge on any atom is -0.396 e. The number of aromatic nitrogens is 2. The molecule has 0 aliphatic heterocycles. The van der Waals surface area contributed by atoms with E-state index in [9.17, 15) is 23.5 Å². The first kappa shape index (κ1) is 31.3. The van der Waals surface area contributed by atoms with Crippen LogP contribution in [0.4, 0.5) is 8.78 Å². The van der Waals surface area contributed by atoms with Crippen LogP contribution >= 0.6 is 11.8 Å². The largest absolute Gasteiger partial charge is 0.396 e. The molecule has 0 saturated heterocycles. The zero-order valence-electron chi connectivity index (χ0n) is 23.5. The summed E-state index contributed by atoms with van der Waals surface area (Å²) >= 11 is 1.37. The van der Waals surface area contributed by atoms with Gasteiger partial charge in [0.05, 0.1) is 0 Å². The van der Waals surface area contributed by atoms with E-state index < -0.39 is 29.0 Å². The molecule has 3 aromatic rings. The number of H-pyrrole nitrogens is 1. The fourth-order valence-corrected chi connectivity index (χ4v) is 5.90. The van der Waals surface area contributed by atoms with Crippen LogP contribution in [-0.2, 0) is 6.42 Å². The first-order valence-corrected chi connectivity index (χ1v) is 14.5. The third-order valence-corrected chi connectivity index (χ3v) is 7.84. The van der Waals surface area contributed by atoms with Gasteiger partial charge in [-0.05, 0) is 74.6 Å². The van der Waals surface area contributed by atoms with Gasteiger partial charge in [-0.3, -0.25) is 9.59 Å². The lowest BCUT2D eigenvalue weighted by atomic mass is 9.81. The van der Waals surface area contributed by atoms with Crippen LogP contribution in [0.2, 0.25) is 0 Å². The van der Waals surface area contributed by atoms with Gasteiger partial charge in [0.15, 0.2) is 5.16 Å². The zero-order chi connectivity index (χ0) is 29.3. The van der Waals surface area contributed by atoms with E-state index in [1.165, 1.54) is 23.9 Å². The Morgan fingerprint density at radius 1 is 1.07 bits per heavy atom. The van der Waals surface area contributed by atoms with E-state index in [0.29, 0.717) is 40.7 Å². The van der Waals surface area contributed by atoms with Crippen LogP contribution in [0, 0.1) is 24.5 Å². The molecule has 2 amide bonds. The van der Waals surface area contributed by atoms with Crippen LogP contribution in [0.25, 0.3) is 0 Å². The summed E-state index contributed by atoms with van der Waals surface area (Å²) in [6.45, 7) is 8.55. The summed E-state index contributed by atoms with van der Waals surface area (Å²) in [6.07, 6.45) is 5.01. The van der Waals surface area contributed by atoms with Crippen molar-refractivity contribution in [1.29, 1.82) is 0 Å². The molecule has 0 spiro atoms. The summed E-state index contributed by atoms with van der Waals surface area (Å²) in [6, 6.07) is 8.28. The summed E-state index contributed by atoms with van der Waals surface area (Å²) in [5.41, 5.74) is 0.716. The number of hydrogen-bond acceptors (Lipinski definition) is 5. The van der Waals surface area contributed by atoms with Crippen LogP contribution in [0.1, 0.15) is 65.5 Å². The number of carbonyl (C=O) groups is 2. The van der Waals surface area contributed by atoms with Crippen molar-refractivity contribution in [1.82, 2.24) is 20.2 Å². The molecule has 0 bridgehead atoms. The number of aliphatic hydroxyl groups excluding tert-OH is 1. The molecule has 2 aromatic carbocycles. The Morgan fingerprint density at radius 3 is 2.30 bits per heavy atom. The maximum Gasteiger partial charge on any atom is 0.253 e. The Bertz CT molecular complexity index is 1260. The van der Waals surface area contributed by atoms with Crippen LogP contribution in [-0.4, -0.2) is 62.8 Å². The van der Waals surface area contributed by atoms with Crippen LogP contribution < -0.4 is 5.32 Å². The van der Waals surface area contributed by atoms with Crippen molar-refractivity contribution in [2.24, 2.45) is 5.92 Å². The van der Waals surface area contributed by atoms with Crippen molar-refractivity contribution in [3.63, 3.8) is 0 Å². The summed E-state index contributed by atoms with van der Waals surface area (Å²) in [7, 11) is 0. The number of halogens is 2. The van der Waals surface area contributed by atoms with E-state index in [1.54, 1.807) is 42.4 Å². The van der Waals surface area contributed by atoms with Crippen molar-refractivity contribution in [3.05, 3.63) is 82.7 Å². The molecule has 7 nitrogen and oxygen atoms in total. The molecule has 1 unspecified atom stereocenters. The number of aliphatic hydroxyl groups is 1. The molecule has 0 saturated carbocycles. The van der Waals surface area contributed by atoms with Gasteiger partial charge in [0.2, 0.25) is 0 Å². The number of amides is 2. The van der Waals surface area contributed by atoms with Crippen LogP contribution in [0.5, 0.6) is 0 Å². The third kappa shape index (κ3) is 8.38. The van der Waals surface area contributed by atoms with Crippen molar-refractivity contribution in [2.75, 3.05) is 25.4 Å². The third-order valence-electron chi connectivity index (χ3n) is 6.77. The average Bonchev–Trinajstić information content (AvgIpc) is 3.41. The second kappa shape index (κ2) is 14.4. The molecule has 1 heterocycles. The molecule has 3 N–H and O–H groups in total. The van der Waals surface area contributed by atoms with Crippen LogP contribution in [0.3, 0.4) is 0 Å². The predicted octanol–water partition coefficient (Wildman–Crippen LogP) is 5.39. The van der Waals surface area contributed by atoms with Crippen molar-refractivity contribution >= 4 is 23.6 Å². The Balaban J connectivity index is 1.93. The van der Waals surface area contributed by atoms with Crippen molar-refractivity contribution in [2.45, 2.75) is 57.7 Å². The number of nitrogens with one attached hydrogen (secondary N) is 2. The molecule has 216 valence electrons. The standard InChI is InChI=1S/C30H38F2N4O3S/c1-5-9-36(10-6-2)28(39)23-12-20(3)11-22(15-23)27(38)35-30(4,17-21-13-25(31)16-26(32)14-21)24(18-37)19-40-29-33-7-8-34-29/h7-8,11-16,24,37H,5-6,9-10,17-19H2,1-4H3,(H,33,34)(H,35,38)/t24-,30?/m0/s1. The Labute approximate surface area is 238 Å². The van der Waals surface area contributed by atoms with Crippen molar-refractivity contribution in [3.8, 4) is 0 Å². The summed E-state index contributed by atoms with van der Waals surface area (Å²) in [5, 5.41) is 14.1. The lowest BCUT2D eigenvalue weighted by molar-refractivity contribution is 0.0755. The number of aryl methyl sites for hydroxylation is 1. The van der Waals surface area contributed by atoms with Gasteiger partial charge in [0.1, 0.15) is 11.6 Å². The zero-order valence-corrected chi connectivity index (χ0v) is 24.3. The number of nitrogens with zero attached hydrogens (tertiary/aromatic N) is 2. The molecule has 10 heteroatoms. The molecule has 0 aliphatic rings. The highest BCUT2D eigenvalue weighted by Gasteiger charge is 2.36. The number of thioether (sulfide) groups is 1. The minimum atomic E-state index is -1.10. The second-order valence-electron chi connectivity index (χ2n) is 10.3. The summed E-state index contributed by atoms with van der Waals surface area (Å²) in [4.78, 5) is 35.9. The highest BCUT2D eigenvalue weighted by Crippen LogP contribution is 2.29. The minimum absolute atomic E-state index is 0.0652. The van der Waals surface area contributed by atoms with E-state index in [4.69, 9.17) is 0 Å². The second-order valence-corrected chi connectivity index (χ2v) is 11.3. The number of rotatable bonds is 14. The van der Waals surface area contributed by atoms with E-state index in [-0.39, 0.29) is 18.9 Å². The molecule has 40 heavy (non-hydrogen) atoms. The van der Waals surface area contributed by atoms with Gasteiger partial charge in [-0.15, -0.1) is 0 Å². The maximum atomic E-state index is 14.1. The number of carbonyl (C=O) groups excluding carboxylic acids is 2. The Morgan fingerprint density at radius 2 is 1.73 bits per heavy atom. The van der Waals surface area contributed by atoms with Gasteiger partial charge in [-0.1, -0.05) is 25.6 Å². The Hall–Kier alpha value is -3.24. The molecular formula is C30H38F2N4O3S. The fourth-order valence-electron chi connectivity index (χ4n) is 4.78. The fraction of sp³-hybridized carbons (Fsp3) is 0.433. The van der Waals surface area contributed by atoms with E-state index >= 15 is 0 Å². The smallest absolute Gasteiger partial charge is 0.253 e. The normalized spacial score (nSPS) is 13.5. The molecule has 3 rings (SSSR count). The van der Waals surface area contributed by atoms with E-state index in [1.807, 2.05) is 20.8 Å². The van der Waals surface area contributed by atoms with Gasteiger partial charge in [-0.25, -0.2) is 13.8 Å². The molecule has 0 fully saturated rings. The first-order chi connectivity index (χ1) is 19.1. The molecular weight excluding hydrogens is 534 g/mol. The van der Waals surface area contributed by atoms with Gasteiger partial charge in [0, 0.05) is 66.5 Å². The lowest BCUT2D eigenvalue weighted by Gasteiger charge is -2.38. The molecule has 0 aliphatic carbocycles. The molecule has 0 radical (unpaired) electrons. The monoisotopic (exact) mass is 572 g/mol. The van der Waals surface area contributed by atoms with E-state index in [0.717, 1.165) is 24.5 Å². The maximum absolute atomic E-state index is 14.1. The van der Waals surface area contributed by atoms with Crippen LogP contribution in [0.15, 0.2) is 53.9 Å². The quantitative estimate of drug-likeness (QED) is 0.225. The van der Waals surface area contributed by atoms with Gasteiger partial charge >= 0.3 is 0 Å². The lowest BCUT2D eigenvalue weighted by Crippen LogP contribution is -2.55. The topological polar surface area (TPSA) is 98.3 Å². The SMILES string of the molecule is CCCN(CCC)C(=O)c1cc(C)cc(C(=O)NC(C)(Cc2cc(F)cc(F)c2)[C@@H](CO)CSc2ncc[nH]2)c1. The van der Waals surface area contributed by atoms with Gasteiger partial charge < -0.3 is 20.3 Å². The summed E-state index contributed by atoms with van der Waals surface area (Å²) < 4.78 is 28.1. The van der Waals surface area contributed by atoms with E-state index in [2.05, 4.69) is 15.3 Å². The number of hydrogen-bond donors (Lipinski definition) is 3. The number of aromatic amines is 1. The number of imidazole rings is 1. The number of benzene rings is 2. The first-order valence-electron chi connectivity index (χ1n) is 13.5. The van der Waals surface area contributed by atoms with Gasteiger partial charge in [0.25, 0.3) is 11.8 Å². The highest BCUT2D eigenvalue weighted by molar-refractivity contribution is 7.99. The predicted molar refractivity (Wildman–Crippen MR) is 153 cm³/mol. The Kier molecular flexibility index (Phi) is 11.3.